The number of Topliss-reactive ketones (excluding diaryl/α,β-unsaturated/α-hetero) is 1. The van der Waals surface area contributed by atoms with Gasteiger partial charge in [0.2, 0.25) is 11.8 Å². The van der Waals surface area contributed by atoms with Gasteiger partial charge in [0.25, 0.3) is 0 Å². The fourth-order valence-corrected chi connectivity index (χ4v) is 11.8. The Labute approximate surface area is 496 Å². The van der Waals surface area contributed by atoms with Crippen LogP contribution in [0.15, 0.2) is 0 Å². The number of hydrogen-bond acceptors (Lipinski definition) is 8. The van der Waals surface area contributed by atoms with Crippen LogP contribution >= 0.6 is 0 Å². The van der Waals surface area contributed by atoms with Gasteiger partial charge in [-0.1, -0.05) is 329 Å². The first kappa shape index (κ1) is 80.5. The molecule has 0 aliphatic rings. The first-order valence-electron chi connectivity index (χ1n) is 35.2. The van der Waals surface area contributed by atoms with E-state index in [1.165, 1.54) is 238 Å². The van der Waals surface area contributed by atoms with Crippen molar-refractivity contribution in [2.24, 2.45) is 11.7 Å². The Morgan fingerprint density at radius 2 is 0.675 bits per heavy atom. The van der Waals surface area contributed by atoms with Gasteiger partial charge >= 0.3 is 0 Å². The number of primary amides is 1. The van der Waals surface area contributed by atoms with E-state index in [0.717, 1.165) is 70.6 Å². The number of nitrogens with two attached hydrogens (primary N) is 1. The summed E-state index contributed by atoms with van der Waals surface area (Å²) < 4.78 is 0. The molecule has 2 amide bonds. The summed E-state index contributed by atoms with van der Waals surface area (Å²) in [6.07, 6.45) is 59.4. The van der Waals surface area contributed by atoms with Crippen molar-refractivity contribution in [1.29, 1.82) is 0 Å². The van der Waals surface area contributed by atoms with E-state index >= 15 is 0 Å². The Kier molecular flexibility index (Phi) is 62.3. The Balaban J connectivity index is 0. The number of β-amino-alcohol motifs (C(OH)–C–C–N with tert-alkyl or cyclic N) is 1. The predicted octanol–water partition coefficient (Wildman–Crippen LogP) is 18.4. The lowest BCUT2D eigenvalue weighted by atomic mass is 9.83. The number of hydrogen-bond donors (Lipinski definition) is 6. The molecule has 0 rings (SSSR count). The summed E-state index contributed by atoms with van der Waals surface area (Å²) in [6.45, 7) is 9.97. The molecule has 0 bridgehead atoms. The standard InChI is InChI=1S/C52H103NO6.C18H37NO2/c1-5-8-11-14-17-20-23-25-27-29-32-35-38-41-50(58)49(40-37-34-31-28-26-24-21-18-15-12-9-6-2)51(59)53(44-48(57)46-55)52(4,43-47(56)45-54)42-39-36-33-30-22-19-16-13-10-7-3;1-2-3-4-5-6-7-8-9-10-11-12-13-14-15-17(20)16-18(19)21/h47-49,54-57H,5-46H2,1-4H3;17,20H,2-16H2,1H3,(H2,19,21). The van der Waals surface area contributed by atoms with E-state index in [0.29, 0.717) is 25.7 Å². The highest BCUT2D eigenvalue weighted by Gasteiger charge is 2.41. The number of carbonyl (C=O) groups excluding carboxylic acids is 3. The van der Waals surface area contributed by atoms with Crippen molar-refractivity contribution in [2.45, 2.75) is 405 Å². The van der Waals surface area contributed by atoms with Gasteiger partial charge in [-0.25, -0.2) is 0 Å². The summed E-state index contributed by atoms with van der Waals surface area (Å²) in [4.78, 5) is 41.1. The van der Waals surface area contributed by atoms with Crippen LogP contribution in [0.5, 0.6) is 0 Å². The van der Waals surface area contributed by atoms with E-state index in [1.54, 1.807) is 4.90 Å². The molecule has 0 saturated heterocycles. The van der Waals surface area contributed by atoms with Crippen LogP contribution in [0.4, 0.5) is 0 Å². The molecule has 80 heavy (non-hydrogen) atoms. The van der Waals surface area contributed by atoms with E-state index < -0.39 is 48.9 Å². The van der Waals surface area contributed by atoms with Gasteiger partial charge in [-0.3, -0.25) is 14.4 Å². The maximum Gasteiger partial charge on any atom is 0.233 e. The van der Waals surface area contributed by atoms with Crippen LogP contribution in [-0.2, 0) is 14.4 Å². The zero-order chi connectivity index (χ0) is 59.4. The van der Waals surface area contributed by atoms with Crippen molar-refractivity contribution < 1.29 is 39.9 Å². The molecular formula is C70H140N2O8. The van der Waals surface area contributed by atoms with E-state index in [2.05, 4.69) is 27.7 Å². The van der Waals surface area contributed by atoms with Gasteiger partial charge in [0.1, 0.15) is 5.78 Å². The van der Waals surface area contributed by atoms with Gasteiger partial charge in [-0.2, -0.15) is 0 Å². The molecule has 7 N–H and O–H groups in total. The molecule has 5 atom stereocenters. The molecular weight excluding hydrogens is 997 g/mol. The highest BCUT2D eigenvalue weighted by molar-refractivity contribution is 6.01. The second-order valence-corrected chi connectivity index (χ2v) is 25.3. The zero-order valence-corrected chi connectivity index (χ0v) is 54.1. The number of unbranched alkanes of at least 4 members (excludes halogenated alkanes) is 44. The summed E-state index contributed by atoms with van der Waals surface area (Å²) in [5, 5.41) is 50.9. The molecule has 0 aromatic carbocycles. The first-order valence-corrected chi connectivity index (χ1v) is 35.2. The first-order chi connectivity index (χ1) is 38.9. The highest BCUT2D eigenvalue weighted by Crippen LogP contribution is 2.33. The molecule has 10 nitrogen and oxygen atoms in total. The predicted molar refractivity (Wildman–Crippen MR) is 342 cm³/mol. The Bertz CT molecular complexity index is 1300. The number of carbonyl (C=O) groups is 3. The lowest BCUT2D eigenvalue weighted by Gasteiger charge is -2.45. The monoisotopic (exact) mass is 1140 g/mol. The molecule has 0 aromatic rings. The van der Waals surface area contributed by atoms with Gasteiger partial charge in [0, 0.05) is 18.5 Å². The summed E-state index contributed by atoms with van der Waals surface area (Å²) in [5.41, 5.74) is 4.16. The second kappa shape index (κ2) is 62.0. The summed E-state index contributed by atoms with van der Waals surface area (Å²) in [5.74, 6) is -1.48. The topological polar surface area (TPSA) is 182 Å². The molecule has 0 radical (unpaired) electrons. The zero-order valence-electron chi connectivity index (χ0n) is 54.1. The minimum atomic E-state index is -1.15. The molecule has 0 spiro atoms. The second-order valence-electron chi connectivity index (χ2n) is 25.3. The molecule has 0 saturated carbocycles. The third-order valence-electron chi connectivity index (χ3n) is 17.1. The van der Waals surface area contributed by atoms with Crippen LogP contribution in [0.1, 0.15) is 381 Å². The van der Waals surface area contributed by atoms with Crippen LogP contribution in [0.2, 0.25) is 0 Å². The van der Waals surface area contributed by atoms with Crippen molar-refractivity contribution in [2.75, 3.05) is 19.8 Å². The molecule has 5 unspecified atom stereocenters. The minimum absolute atomic E-state index is 0.00590. The number of aliphatic hydroxyl groups is 5. The van der Waals surface area contributed by atoms with E-state index in [9.17, 15) is 39.9 Å². The third-order valence-corrected chi connectivity index (χ3v) is 17.1. The maximum atomic E-state index is 14.8. The van der Waals surface area contributed by atoms with Gasteiger partial charge in [0.15, 0.2) is 0 Å². The average molecular weight is 1140 g/mol. The minimum Gasteiger partial charge on any atom is -0.394 e. The van der Waals surface area contributed by atoms with Crippen LogP contribution in [0.25, 0.3) is 0 Å². The van der Waals surface area contributed by atoms with Crippen molar-refractivity contribution >= 4 is 17.6 Å². The van der Waals surface area contributed by atoms with Crippen LogP contribution in [0.3, 0.4) is 0 Å². The quantitative estimate of drug-likeness (QED) is 0.0257. The number of nitrogens with zero attached hydrogens (tertiary/aromatic N) is 1. The lowest BCUT2D eigenvalue weighted by Crippen LogP contribution is -2.57. The highest BCUT2D eigenvalue weighted by atomic mass is 16.3. The normalized spacial score (nSPS) is 13.8. The molecule has 0 aromatic heterocycles. The number of ketones is 1. The van der Waals surface area contributed by atoms with Gasteiger partial charge < -0.3 is 36.2 Å². The van der Waals surface area contributed by atoms with E-state index in [4.69, 9.17) is 5.73 Å². The van der Waals surface area contributed by atoms with Crippen LogP contribution < -0.4 is 5.73 Å². The third kappa shape index (κ3) is 53.2. The summed E-state index contributed by atoms with van der Waals surface area (Å²) >= 11 is 0. The summed E-state index contributed by atoms with van der Waals surface area (Å²) in [6, 6.07) is 0. The van der Waals surface area contributed by atoms with Crippen LogP contribution in [-0.4, -0.2) is 91.6 Å². The summed E-state index contributed by atoms with van der Waals surface area (Å²) in [7, 11) is 0. The molecule has 478 valence electrons. The van der Waals surface area contributed by atoms with Gasteiger partial charge in [-0.15, -0.1) is 0 Å². The Morgan fingerprint density at radius 1 is 0.388 bits per heavy atom. The van der Waals surface area contributed by atoms with Gasteiger partial charge in [-0.05, 0) is 39.0 Å². The van der Waals surface area contributed by atoms with Crippen molar-refractivity contribution in [3.8, 4) is 0 Å². The number of rotatable bonds is 63. The average Bonchev–Trinajstić information content (AvgIpc) is 3.44. The van der Waals surface area contributed by atoms with Crippen molar-refractivity contribution in [3.63, 3.8) is 0 Å². The molecule has 0 heterocycles. The van der Waals surface area contributed by atoms with E-state index in [1.807, 2.05) is 6.92 Å². The maximum absolute atomic E-state index is 14.8. The number of amides is 2. The molecule has 0 aliphatic carbocycles. The van der Waals surface area contributed by atoms with Crippen LogP contribution in [0, 0.1) is 5.92 Å². The van der Waals surface area contributed by atoms with Gasteiger partial charge in [0.05, 0.1) is 43.9 Å². The molecule has 0 fully saturated rings. The van der Waals surface area contributed by atoms with Crippen molar-refractivity contribution in [1.82, 2.24) is 4.90 Å². The van der Waals surface area contributed by atoms with E-state index in [-0.39, 0.29) is 31.1 Å². The smallest absolute Gasteiger partial charge is 0.233 e. The SMILES string of the molecule is CCCCCCCCCCCCCCCC(=O)C(CCCCCCCCCCCCCC)C(=O)N(CC(O)CO)C(C)(CCCCCCCCCCCC)CC(O)CO.CCCCCCCCCCCCCCCC(O)CC(N)=O. The molecule has 0 aliphatic heterocycles. The fourth-order valence-electron chi connectivity index (χ4n) is 11.8. The fraction of sp³-hybridized carbons (Fsp3) is 0.957. The lowest BCUT2D eigenvalue weighted by molar-refractivity contribution is -0.150. The van der Waals surface area contributed by atoms with Crippen molar-refractivity contribution in [3.05, 3.63) is 0 Å². The largest absolute Gasteiger partial charge is 0.394 e. The Hall–Kier alpha value is -1.59. The number of aliphatic hydroxyl groups excluding tert-OH is 5. The molecule has 10 heteroatoms. The Morgan fingerprint density at radius 3 is 0.988 bits per heavy atom.